The summed E-state index contributed by atoms with van der Waals surface area (Å²) >= 11 is 4.74. The average molecular weight is 454 g/mol. The second kappa shape index (κ2) is 6.73. The van der Waals surface area contributed by atoms with E-state index in [1.54, 1.807) is 29.5 Å². The molecule has 0 spiro atoms. The van der Waals surface area contributed by atoms with Crippen LogP contribution in [0.5, 0.6) is 5.75 Å². The predicted octanol–water partition coefficient (Wildman–Crippen LogP) is 3.66. The lowest BCUT2D eigenvalue weighted by Gasteiger charge is -2.15. The van der Waals surface area contributed by atoms with Gasteiger partial charge in [-0.1, -0.05) is 15.9 Å². The van der Waals surface area contributed by atoms with Gasteiger partial charge in [0.2, 0.25) is 0 Å². The summed E-state index contributed by atoms with van der Waals surface area (Å²) in [5.74, 6) is -1.50. The van der Waals surface area contributed by atoms with Gasteiger partial charge in [0.05, 0.1) is 15.9 Å². The summed E-state index contributed by atoms with van der Waals surface area (Å²) in [5.41, 5.74) is -0.0128. The van der Waals surface area contributed by atoms with Crippen LogP contribution in [0.25, 0.3) is 0 Å². The molecule has 1 aromatic heterocycles. The van der Waals surface area contributed by atoms with Crippen LogP contribution in [0.15, 0.2) is 6.20 Å². The Morgan fingerprint density at radius 1 is 1.53 bits per heavy atom. The number of ether oxygens (including phenoxy) is 2. The number of halogens is 5. The van der Waals surface area contributed by atoms with E-state index in [0.29, 0.717) is 5.69 Å². The first-order chi connectivity index (χ1) is 8.80. The topological polar surface area (TPSA) is 48.4 Å². The maximum atomic E-state index is 12.4. The molecular formula is C10H8BrF3INO3. The molecule has 1 rings (SSSR count). The van der Waals surface area contributed by atoms with E-state index >= 15 is 0 Å². The van der Waals surface area contributed by atoms with Crippen LogP contribution in [-0.2, 0) is 10.1 Å². The first kappa shape index (κ1) is 16.5. The first-order valence-corrected chi connectivity index (χ1v) is 7.16. The van der Waals surface area contributed by atoms with Gasteiger partial charge in [-0.05, 0) is 29.5 Å². The Morgan fingerprint density at radius 2 is 2.16 bits per heavy atom. The molecule has 0 aliphatic rings. The Morgan fingerprint density at radius 3 is 2.63 bits per heavy atom. The third-order valence-corrected chi connectivity index (χ3v) is 3.53. The molecular weight excluding hydrogens is 446 g/mol. The number of rotatable bonds is 4. The Balaban J connectivity index is 3.30. The van der Waals surface area contributed by atoms with Crippen molar-refractivity contribution in [3.05, 3.63) is 21.0 Å². The number of hydrogen-bond acceptors (Lipinski definition) is 4. The van der Waals surface area contributed by atoms with Gasteiger partial charge in [0.1, 0.15) is 5.56 Å². The molecule has 0 fully saturated rings. The Labute approximate surface area is 128 Å². The van der Waals surface area contributed by atoms with Crippen LogP contribution in [0.3, 0.4) is 0 Å². The number of hydrogen-bond donors (Lipinski definition) is 0. The van der Waals surface area contributed by atoms with Crippen LogP contribution in [-0.4, -0.2) is 23.9 Å². The molecule has 19 heavy (non-hydrogen) atoms. The fraction of sp³-hybridized carbons (Fsp3) is 0.400. The highest BCUT2D eigenvalue weighted by Gasteiger charge is 2.35. The van der Waals surface area contributed by atoms with Crippen LogP contribution in [0.1, 0.15) is 23.0 Å². The lowest BCUT2D eigenvalue weighted by Crippen LogP contribution is -2.21. The lowest BCUT2D eigenvalue weighted by atomic mass is 10.2. The van der Waals surface area contributed by atoms with Crippen molar-refractivity contribution in [3.63, 3.8) is 0 Å². The van der Waals surface area contributed by atoms with E-state index in [1.165, 1.54) is 0 Å². The number of carbonyl (C=O) groups is 1. The quantitative estimate of drug-likeness (QED) is 0.396. The lowest BCUT2D eigenvalue weighted by molar-refractivity contribution is -0.275. The van der Waals surface area contributed by atoms with Gasteiger partial charge >= 0.3 is 12.3 Å². The van der Waals surface area contributed by atoms with Crippen molar-refractivity contribution in [1.29, 1.82) is 0 Å². The second-order valence-corrected chi connectivity index (χ2v) is 4.80. The van der Waals surface area contributed by atoms with Gasteiger partial charge in [0, 0.05) is 11.5 Å². The third kappa shape index (κ3) is 4.48. The number of nitrogens with zero attached hydrogens (tertiary/aromatic N) is 1. The molecule has 0 radical (unpaired) electrons. The van der Waals surface area contributed by atoms with Crippen molar-refractivity contribution in [3.8, 4) is 5.75 Å². The van der Waals surface area contributed by atoms with Crippen molar-refractivity contribution in [2.75, 3.05) is 6.61 Å². The Kier molecular flexibility index (Phi) is 5.83. The summed E-state index contributed by atoms with van der Waals surface area (Å²) < 4.78 is 45.8. The predicted molar refractivity (Wildman–Crippen MR) is 72.2 cm³/mol. The van der Waals surface area contributed by atoms with Gasteiger partial charge < -0.3 is 9.47 Å². The zero-order chi connectivity index (χ0) is 14.6. The van der Waals surface area contributed by atoms with Gasteiger partial charge in [0.15, 0.2) is 5.75 Å². The SMILES string of the molecule is CCOC(=O)c1cnc(CBr)c(I)c1OC(F)(F)F. The van der Waals surface area contributed by atoms with Gasteiger partial charge in [-0.3, -0.25) is 4.98 Å². The number of aromatic nitrogens is 1. The standard InChI is InChI=1S/C10H8BrF3INO3/c1-2-18-9(17)5-4-16-6(3-11)7(15)8(5)19-10(12,13)14/h4H,2-3H2,1H3. The first-order valence-electron chi connectivity index (χ1n) is 4.96. The van der Waals surface area contributed by atoms with E-state index in [-0.39, 0.29) is 21.1 Å². The van der Waals surface area contributed by atoms with Crippen LogP contribution in [0.2, 0.25) is 0 Å². The fourth-order valence-corrected chi connectivity index (χ4v) is 2.85. The Hall–Kier alpha value is -0.580. The van der Waals surface area contributed by atoms with Crippen LogP contribution in [0.4, 0.5) is 13.2 Å². The molecule has 0 aliphatic carbocycles. The highest BCUT2D eigenvalue weighted by molar-refractivity contribution is 14.1. The highest BCUT2D eigenvalue weighted by Crippen LogP contribution is 2.33. The molecule has 0 bridgehead atoms. The van der Waals surface area contributed by atoms with E-state index in [9.17, 15) is 18.0 Å². The third-order valence-electron chi connectivity index (χ3n) is 1.89. The summed E-state index contributed by atoms with van der Waals surface area (Å²) in [5, 5.41) is 0.239. The van der Waals surface area contributed by atoms with E-state index in [0.717, 1.165) is 6.20 Å². The largest absolute Gasteiger partial charge is 0.573 e. The van der Waals surface area contributed by atoms with E-state index in [2.05, 4.69) is 30.4 Å². The average Bonchev–Trinajstić information content (AvgIpc) is 2.30. The van der Waals surface area contributed by atoms with Crippen molar-refractivity contribution >= 4 is 44.5 Å². The minimum Gasteiger partial charge on any atom is -0.462 e. The van der Waals surface area contributed by atoms with Crippen molar-refractivity contribution < 1.29 is 27.4 Å². The molecule has 0 aromatic carbocycles. The maximum Gasteiger partial charge on any atom is 0.573 e. The summed E-state index contributed by atoms with van der Waals surface area (Å²) in [6.07, 6.45) is -3.88. The number of pyridine rings is 1. The van der Waals surface area contributed by atoms with E-state index in [1.807, 2.05) is 0 Å². The molecule has 4 nitrogen and oxygen atoms in total. The molecule has 0 atom stereocenters. The Bertz CT molecular complexity index is 482. The monoisotopic (exact) mass is 453 g/mol. The molecule has 0 N–H and O–H groups in total. The second-order valence-electron chi connectivity index (χ2n) is 3.16. The minimum absolute atomic E-state index is 0.0427. The molecule has 0 unspecified atom stereocenters. The summed E-state index contributed by atoms with van der Waals surface area (Å²) in [6.45, 7) is 1.59. The minimum atomic E-state index is -4.90. The highest BCUT2D eigenvalue weighted by atomic mass is 127. The summed E-state index contributed by atoms with van der Waals surface area (Å²) in [6, 6.07) is 0. The van der Waals surface area contributed by atoms with Gasteiger partial charge in [-0.25, -0.2) is 4.79 Å². The zero-order valence-electron chi connectivity index (χ0n) is 9.55. The molecule has 0 saturated carbocycles. The van der Waals surface area contributed by atoms with Crippen LogP contribution >= 0.6 is 38.5 Å². The molecule has 0 amide bonds. The van der Waals surface area contributed by atoms with E-state index in [4.69, 9.17) is 0 Å². The van der Waals surface area contributed by atoms with Gasteiger partial charge in [-0.2, -0.15) is 0 Å². The number of carbonyl (C=O) groups excluding carboxylic acids is 1. The fourth-order valence-electron chi connectivity index (χ4n) is 1.17. The normalized spacial score (nSPS) is 11.3. The van der Waals surface area contributed by atoms with Gasteiger partial charge in [-0.15, -0.1) is 13.2 Å². The zero-order valence-corrected chi connectivity index (χ0v) is 13.3. The van der Waals surface area contributed by atoms with Crippen molar-refractivity contribution in [2.24, 2.45) is 0 Å². The van der Waals surface area contributed by atoms with E-state index < -0.39 is 18.1 Å². The molecule has 0 saturated heterocycles. The molecule has 1 heterocycles. The van der Waals surface area contributed by atoms with Crippen LogP contribution in [0, 0.1) is 3.57 Å². The van der Waals surface area contributed by atoms with Crippen molar-refractivity contribution in [2.45, 2.75) is 18.6 Å². The maximum absolute atomic E-state index is 12.4. The van der Waals surface area contributed by atoms with Crippen molar-refractivity contribution in [1.82, 2.24) is 4.98 Å². The summed E-state index contributed by atoms with van der Waals surface area (Å²) in [7, 11) is 0. The summed E-state index contributed by atoms with van der Waals surface area (Å²) in [4.78, 5) is 15.5. The number of alkyl halides is 4. The van der Waals surface area contributed by atoms with Gasteiger partial charge in [0.25, 0.3) is 0 Å². The molecule has 9 heteroatoms. The number of esters is 1. The smallest absolute Gasteiger partial charge is 0.462 e. The molecule has 1 aromatic rings. The molecule has 0 aliphatic heterocycles. The molecule has 106 valence electrons. The van der Waals surface area contributed by atoms with Crippen LogP contribution < -0.4 is 4.74 Å².